The molecule has 4 nitrogen and oxygen atoms in total. The van der Waals surface area contributed by atoms with Crippen LogP contribution in [0.4, 0.5) is 0 Å². The molecule has 28 heavy (non-hydrogen) atoms. The predicted octanol–water partition coefficient (Wildman–Crippen LogP) is 5.80. The quantitative estimate of drug-likeness (QED) is 0.379. The summed E-state index contributed by atoms with van der Waals surface area (Å²) in [6, 6.07) is 26.0. The fourth-order valence-corrected chi connectivity index (χ4v) is 3.22. The molecule has 134 valence electrons. The summed E-state index contributed by atoms with van der Waals surface area (Å²) in [6.45, 7) is 0. The molecule has 0 fully saturated rings. The molecule has 0 atom stereocenters. The third kappa shape index (κ3) is 2.91. The smallest absolute Gasteiger partial charge is 0.200 e. The molecule has 5 aromatic rings. The van der Waals surface area contributed by atoms with Crippen molar-refractivity contribution >= 4 is 21.9 Å². The molecular weight excluding hydrogens is 350 g/mol. The minimum absolute atomic E-state index is 0.0459. The molecule has 3 aromatic carbocycles. The van der Waals surface area contributed by atoms with Gasteiger partial charge in [0.1, 0.15) is 22.7 Å². The normalized spacial score (nSPS) is 11.0. The van der Waals surface area contributed by atoms with Crippen LogP contribution in [0.1, 0.15) is 0 Å². The lowest BCUT2D eigenvalue weighted by Crippen LogP contribution is -2.02. The number of aromatic nitrogens is 1. The second-order valence-electron chi connectivity index (χ2n) is 6.43. The van der Waals surface area contributed by atoms with Crippen LogP contribution < -0.4 is 10.2 Å². The number of para-hydroxylation sites is 2. The number of fused-ring (bicyclic) bond motifs is 2. The molecule has 5 rings (SSSR count). The van der Waals surface area contributed by atoms with Crippen LogP contribution >= 0.6 is 0 Å². The van der Waals surface area contributed by atoms with Crippen molar-refractivity contribution in [1.29, 1.82) is 0 Å². The third-order valence-corrected chi connectivity index (χ3v) is 4.58. The van der Waals surface area contributed by atoms with E-state index >= 15 is 0 Å². The summed E-state index contributed by atoms with van der Waals surface area (Å²) in [5.74, 6) is 1.44. The number of hydrogen-bond donors (Lipinski definition) is 0. The van der Waals surface area contributed by atoms with Gasteiger partial charge >= 0.3 is 0 Å². The first-order chi connectivity index (χ1) is 13.8. The van der Waals surface area contributed by atoms with E-state index < -0.39 is 0 Å². The van der Waals surface area contributed by atoms with Crippen molar-refractivity contribution in [2.24, 2.45) is 0 Å². The van der Waals surface area contributed by atoms with Gasteiger partial charge in [-0.1, -0.05) is 30.3 Å². The average molecular weight is 365 g/mol. The lowest BCUT2D eigenvalue weighted by atomic mass is 10.1. The highest BCUT2D eigenvalue weighted by atomic mass is 16.5. The van der Waals surface area contributed by atoms with Crippen molar-refractivity contribution in [3.05, 3.63) is 101 Å². The Labute approximate surface area is 160 Å². The van der Waals surface area contributed by atoms with Gasteiger partial charge in [-0.15, -0.1) is 0 Å². The topological polar surface area (TPSA) is 52.3 Å². The number of pyridine rings is 1. The summed E-state index contributed by atoms with van der Waals surface area (Å²) >= 11 is 0. The fourth-order valence-electron chi connectivity index (χ4n) is 3.22. The van der Waals surface area contributed by atoms with Gasteiger partial charge in [0.25, 0.3) is 0 Å². The van der Waals surface area contributed by atoms with E-state index in [1.54, 1.807) is 24.4 Å². The van der Waals surface area contributed by atoms with E-state index in [0.717, 1.165) is 17.0 Å². The Hall–Kier alpha value is -3.92. The van der Waals surface area contributed by atoms with Crippen LogP contribution in [0.25, 0.3) is 33.2 Å². The van der Waals surface area contributed by atoms with Crippen LogP contribution in [0.5, 0.6) is 11.5 Å². The molecule has 0 radical (unpaired) electrons. The van der Waals surface area contributed by atoms with Gasteiger partial charge in [0.05, 0.1) is 16.5 Å². The maximum absolute atomic E-state index is 12.9. The van der Waals surface area contributed by atoms with E-state index in [2.05, 4.69) is 4.98 Å². The maximum Gasteiger partial charge on any atom is 0.200 e. The molecule has 0 amide bonds. The molecule has 2 heterocycles. The van der Waals surface area contributed by atoms with Gasteiger partial charge in [-0.3, -0.25) is 9.78 Å². The van der Waals surface area contributed by atoms with Crippen molar-refractivity contribution in [3.8, 4) is 22.8 Å². The Bertz CT molecular complexity index is 1360. The molecule has 0 saturated carbocycles. The van der Waals surface area contributed by atoms with Gasteiger partial charge in [0.2, 0.25) is 5.43 Å². The first-order valence-electron chi connectivity index (χ1n) is 8.93. The van der Waals surface area contributed by atoms with Crippen molar-refractivity contribution in [2.75, 3.05) is 0 Å². The number of nitrogens with zero attached hydrogens (tertiary/aromatic N) is 1. The van der Waals surface area contributed by atoms with Gasteiger partial charge < -0.3 is 9.15 Å². The van der Waals surface area contributed by atoms with Gasteiger partial charge in [-0.05, 0) is 48.5 Å². The van der Waals surface area contributed by atoms with Crippen molar-refractivity contribution in [1.82, 2.24) is 4.98 Å². The molecule has 0 N–H and O–H groups in total. The second kappa shape index (κ2) is 6.67. The largest absolute Gasteiger partial charge is 0.457 e. The highest BCUT2D eigenvalue weighted by molar-refractivity contribution is 5.91. The number of hydrogen-bond acceptors (Lipinski definition) is 4. The summed E-state index contributed by atoms with van der Waals surface area (Å²) in [5.41, 5.74) is 2.65. The lowest BCUT2D eigenvalue weighted by Gasteiger charge is -2.08. The van der Waals surface area contributed by atoms with Crippen LogP contribution in [0.2, 0.25) is 0 Å². The Balaban J connectivity index is 1.59. The summed E-state index contributed by atoms with van der Waals surface area (Å²) in [4.78, 5) is 17.3. The molecule has 0 unspecified atom stereocenters. The number of benzene rings is 3. The molecule has 0 aliphatic carbocycles. The minimum Gasteiger partial charge on any atom is -0.457 e. The van der Waals surface area contributed by atoms with Crippen LogP contribution in [0.3, 0.4) is 0 Å². The average Bonchev–Trinajstić information content (AvgIpc) is 2.75. The number of ether oxygens (including phenoxy) is 1. The minimum atomic E-state index is -0.0459. The standard InChI is InChI=1S/C24H15NO3/c26-24-19-8-4-5-9-22(19)28-23-11-10-16(14-20(23)24)21-15-18(12-13-25-21)27-17-6-2-1-3-7-17/h1-15H. The van der Waals surface area contributed by atoms with Crippen LogP contribution in [0.15, 0.2) is 100 Å². The van der Waals surface area contributed by atoms with E-state index in [4.69, 9.17) is 9.15 Å². The second-order valence-corrected chi connectivity index (χ2v) is 6.43. The summed E-state index contributed by atoms with van der Waals surface area (Å²) < 4.78 is 11.8. The van der Waals surface area contributed by atoms with Crippen LogP contribution in [-0.2, 0) is 0 Å². The summed E-state index contributed by atoms with van der Waals surface area (Å²) in [6.07, 6.45) is 1.70. The zero-order valence-electron chi connectivity index (χ0n) is 14.8. The van der Waals surface area contributed by atoms with E-state index in [1.165, 1.54) is 0 Å². The van der Waals surface area contributed by atoms with E-state index in [9.17, 15) is 4.79 Å². The monoisotopic (exact) mass is 365 g/mol. The Morgan fingerprint density at radius 2 is 1.50 bits per heavy atom. The van der Waals surface area contributed by atoms with E-state index in [0.29, 0.717) is 27.7 Å². The summed E-state index contributed by atoms with van der Waals surface area (Å²) in [7, 11) is 0. The van der Waals surface area contributed by atoms with Crippen LogP contribution in [0, 0.1) is 0 Å². The van der Waals surface area contributed by atoms with Gasteiger partial charge in [0.15, 0.2) is 0 Å². The fraction of sp³-hybridized carbons (Fsp3) is 0. The highest BCUT2D eigenvalue weighted by Gasteiger charge is 2.10. The molecule has 0 bridgehead atoms. The lowest BCUT2D eigenvalue weighted by molar-refractivity contribution is 0.482. The molecule has 0 aliphatic rings. The predicted molar refractivity (Wildman–Crippen MR) is 110 cm³/mol. The van der Waals surface area contributed by atoms with Crippen molar-refractivity contribution < 1.29 is 9.15 Å². The third-order valence-electron chi connectivity index (χ3n) is 4.58. The Morgan fingerprint density at radius 3 is 2.39 bits per heavy atom. The maximum atomic E-state index is 12.9. The zero-order valence-corrected chi connectivity index (χ0v) is 14.8. The first-order valence-corrected chi connectivity index (χ1v) is 8.93. The Morgan fingerprint density at radius 1 is 0.714 bits per heavy atom. The molecule has 0 aliphatic heterocycles. The van der Waals surface area contributed by atoms with Gasteiger partial charge in [0, 0.05) is 17.8 Å². The molecule has 4 heteroatoms. The molecular formula is C24H15NO3. The molecule has 0 saturated heterocycles. The first kappa shape index (κ1) is 16.3. The zero-order chi connectivity index (χ0) is 18.9. The van der Waals surface area contributed by atoms with Crippen molar-refractivity contribution in [2.45, 2.75) is 0 Å². The van der Waals surface area contributed by atoms with E-state index in [1.807, 2.05) is 66.7 Å². The molecule has 0 spiro atoms. The van der Waals surface area contributed by atoms with Gasteiger partial charge in [-0.2, -0.15) is 0 Å². The summed E-state index contributed by atoms with van der Waals surface area (Å²) in [5, 5.41) is 1.11. The van der Waals surface area contributed by atoms with Crippen LogP contribution in [-0.4, -0.2) is 4.98 Å². The number of rotatable bonds is 3. The SMILES string of the molecule is O=c1c2ccccc2oc2ccc(-c3cc(Oc4ccccc4)ccn3)cc12. The van der Waals surface area contributed by atoms with Gasteiger partial charge in [-0.25, -0.2) is 0 Å². The molecule has 2 aromatic heterocycles. The highest BCUT2D eigenvalue weighted by Crippen LogP contribution is 2.28. The Kier molecular flexibility index (Phi) is 3.87. The van der Waals surface area contributed by atoms with Crippen molar-refractivity contribution in [3.63, 3.8) is 0 Å². The van der Waals surface area contributed by atoms with E-state index in [-0.39, 0.29) is 5.43 Å².